The average Bonchev–Trinajstić information content (AvgIpc) is 2.90. The van der Waals surface area contributed by atoms with Crippen LogP contribution in [0.3, 0.4) is 0 Å². The van der Waals surface area contributed by atoms with E-state index in [2.05, 4.69) is 27.4 Å². The fourth-order valence-electron chi connectivity index (χ4n) is 1.38. The number of nitrogens with zero attached hydrogens (tertiary/aromatic N) is 3. The van der Waals surface area contributed by atoms with E-state index in [0.717, 1.165) is 35.4 Å². The van der Waals surface area contributed by atoms with Crippen molar-refractivity contribution in [3.63, 3.8) is 0 Å². The first kappa shape index (κ1) is 16.0. The minimum atomic E-state index is -4.35. The Morgan fingerprint density at radius 1 is 1.29 bits per heavy atom. The molecule has 0 aliphatic carbocycles. The van der Waals surface area contributed by atoms with Crippen LogP contribution in [0.2, 0.25) is 0 Å². The van der Waals surface area contributed by atoms with E-state index in [1.807, 2.05) is 0 Å². The van der Waals surface area contributed by atoms with Crippen LogP contribution in [-0.2, 0) is 11.9 Å². The average molecular weight is 334 g/mol. The molecule has 2 heterocycles. The summed E-state index contributed by atoms with van der Waals surface area (Å²) < 4.78 is 37.2. The highest BCUT2D eigenvalue weighted by Gasteiger charge is 2.30. The van der Waals surface area contributed by atoms with Crippen molar-refractivity contribution in [3.05, 3.63) is 28.9 Å². The van der Waals surface area contributed by atoms with E-state index >= 15 is 0 Å². The Hall–Kier alpha value is -1.35. The zero-order chi connectivity index (χ0) is 15.3. The Morgan fingerprint density at radius 2 is 2.10 bits per heavy atom. The first-order valence-electron chi connectivity index (χ1n) is 6.21. The van der Waals surface area contributed by atoms with Crippen molar-refractivity contribution in [2.24, 2.45) is 0 Å². The lowest BCUT2D eigenvalue weighted by molar-refractivity contribution is -0.137. The molecule has 0 saturated carbocycles. The minimum Gasteiger partial charge on any atom is -0.360 e. The molecule has 0 aromatic carbocycles. The molecule has 0 unspecified atom stereocenters. The van der Waals surface area contributed by atoms with Gasteiger partial charge in [0.1, 0.15) is 5.01 Å². The van der Waals surface area contributed by atoms with Gasteiger partial charge in [0.05, 0.1) is 16.3 Å². The Balaban J connectivity index is 1.89. The molecule has 0 spiro atoms. The number of pyridine rings is 1. The summed E-state index contributed by atoms with van der Waals surface area (Å²) in [4.78, 5) is 3.80. The third-order valence-electron chi connectivity index (χ3n) is 2.40. The number of anilines is 1. The molecule has 0 saturated heterocycles. The van der Waals surface area contributed by atoms with Crippen LogP contribution in [-0.4, -0.2) is 21.7 Å². The first-order chi connectivity index (χ1) is 9.99. The Bertz CT molecular complexity index is 569. The third kappa shape index (κ3) is 4.85. The van der Waals surface area contributed by atoms with Gasteiger partial charge in [-0.05, 0) is 18.6 Å². The summed E-state index contributed by atoms with van der Waals surface area (Å²) in [7, 11) is 0. The van der Waals surface area contributed by atoms with Crippen molar-refractivity contribution >= 4 is 28.2 Å². The zero-order valence-corrected chi connectivity index (χ0v) is 12.8. The summed E-state index contributed by atoms with van der Waals surface area (Å²) in [5.41, 5.74) is -0.742. The molecule has 0 radical (unpaired) electrons. The topological polar surface area (TPSA) is 50.7 Å². The van der Waals surface area contributed by atoms with Crippen molar-refractivity contribution in [2.75, 3.05) is 11.9 Å². The van der Waals surface area contributed by atoms with Gasteiger partial charge in [0.25, 0.3) is 0 Å². The molecule has 21 heavy (non-hydrogen) atoms. The minimum absolute atomic E-state index is 0.529. The van der Waals surface area contributed by atoms with Crippen molar-refractivity contribution in [1.29, 1.82) is 0 Å². The van der Waals surface area contributed by atoms with Crippen LogP contribution in [0.25, 0.3) is 0 Å². The van der Waals surface area contributed by atoms with Crippen LogP contribution >= 0.6 is 23.1 Å². The van der Waals surface area contributed by atoms with E-state index in [1.165, 1.54) is 29.2 Å². The van der Waals surface area contributed by atoms with E-state index in [4.69, 9.17) is 0 Å². The normalized spacial score (nSPS) is 11.6. The summed E-state index contributed by atoms with van der Waals surface area (Å²) in [5.74, 6) is 0.532. The highest BCUT2D eigenvalue weighted by atomic mass is 32.2. The quantitative estimate of drug-likeness (QED) is 0.807. The number of hydrogen-bond donors (Lipinski definition) is 1. The second-order valence-electron chi connectivity index (χ2n) is 4.10. The zero-order valence-electron chi connectivity index (χ0n) is 11.1. The Morgan fingerprint density at radius 3 is 2.71 bits per heavy atom. The lowest BCUT2D eigenvalue weighted by atomic mass is 10.3. The van der Waals surface area contributed by atoms with Gasteiger partial charge in [0.2, 0.25) is 5.13 Å². The van der Waals surface area contributed by atoms with Gasteiger partial charge in [-0.3, -0.25) is 0 Å². The second kappa shape index (κ2) is 7.08. The van der Waals surface area contributed by atoms with E-state index in [9.17, 15) is 13.2 Å². The molecule has 0 amide bonds. The Kier molecular flexibility index (Phi) is 5.40. The maximum Gasteiger partial charge on any atom is 0.417 e. The van der Waals surface area contributed by atoms with Gasteiger partial charge in [0, 0.05) is 12.7 Å². The third-order valence-corrected chi connectivity index (χ3v) is 4.42. The van der Waals surface area contributed by atoms with Crippen LogP contribution in [0.5, 0.6) is 0 Å². The van der Waals surface area contributed by atoms with E-state index in [-0.39, 0.29) is 0 Å². The molecule has 0 atom stereocenters. The number of nitrogens with one attached hydrogen (secondary N) is 1. The van der Waals surface area contributed by atoms with Gasteiger partial charge < -0.3 is 5.32 Å². The molecule has 4 nitrogen and oxygen atoms in total. The van der Waals surface area contributed by atoms with E-state index in [0.29, 0.717) is 10.8 Å². The molecule has 0 aliphatic rings. The number of rotatable bonds is 6. The van der Waals surface area contributed by atoms with E-state index in [1.54, 1.807) is 0 Å². The molecule has 0 bridgehead atoms. The van der Waals surface area contributed by atoms with Crippen LogP contribution in [0.4, 0.5) is 18.3 Å². The lowest BCUT2D eigenvalue weighted by Gasteiger charge is -2.06. The highest BCUT2D eigenvalue weighted by molar-refractivity contribution is 7.98. The fourth-order valence-corrected chi connectivity index (χ4v) is 2.98. The van der Waals surface area contributed by atoms with Gasteiger partial charge in [-0.15, -0.1) is 10.2 Å². The van der Waals surface area contributed by atoms with Gasteiger partial charge in [-0.2, -0.15) is 13.2 Å². The molecule has 1 N–H and O–H groups in total. The van der Waals surface area contributed by atoms with Crippen LogP contribution in [0.1, 0.15) is 23.9 Å². The maximum absolute atomic E-state index is 12.4. The number of halogens is 3. The molecule has 2 aromatic heterocycles. The van der Waals surface area contributed by atoms with E-state index < -0.39 is 11.7 Å². The fraction of sp³-hybridized carbons (Fsp3) is 0.417. The number of hydrogen-bond acceptors (Lipinski definition) is 6. The Labute approximate surface area is 128 Å². The number of aromatic nitrogens is 3. The van der Waals surface area contributed by atoms with Crippen molar-refractivity contribution in [3.8, 4) is 0 Å². The molecule has 2 rings (SSSR count). The molecular formula is C12H13F3N4S2. The van der Waals surface area contributed by atoms with Gasteiger partial charge >= 0.3 is 6.18 Å². The molecule has 114 valence electrons. The molecule has 0 fully saturated rings. The standard InChI is InChI=1S/C12H13F3N4S2/c1-2-5-16-11-19-18-10(21-11)7-20-9-4-3-8(6-17-9)12(13,14)15/h3-4,6H,2,5,7H2,1H3,(H,16,19). The molecule has 0 aliphatic heterocycles. The summed E-state index contributed by atoms with van der Waals surface area (Å²) >= 11 is 2.77. The predicted molar refractivity (Wildman–Crippen MR) is 77.5 cm³/mol. The van der Waals surface area contributed by atoms with Crippen LogP contribution in [0, 0.1) is 0 Å². The summed E-state index contributed by atoms with van der Waals surface area (Å²) in [6, 6.07) is 2.40. The molecule has 9 heteroatoms. The monoisotopic (exact) mass is 334 g/mol. The van der Waals surface area contributed by atoms with Crippen molar-refractivity contribution < 1.29 is 13.2 Å². The first-order valence-corrected chi connectivity index (χ1v) is 8.01. The van der Waals surface area contributed by atoms with Gasteiger partial charge in [0.15, 0.2) is 0 Å². The van der Waals surface area contributed by atoms with Crippen molar-refractivity contribution in [2.45, 2.75) is 30.3 Å². The van der Waals surface area contributed by atoms with Crippen molar-refractivity contribution in [1.82, 2.24) is 15.2 Å². The van der Waals surface area contributed by atoms with Gasteiger partial charge in [-0.1, -0.05) is 30.0 Å². The van der Waals surface area contributed by atoms with Crippen LogP contribution < -0.4 is 5.32 Å². The molecular weight excluding hydrogens is 321 g/mol. The van der Waals surface area contributed by atoms with Crippen LogP contribution in [0.15, 0.2) is 23.4 Å². The van der Waals surface area contributed by atoms with Gasteiger partial charge in [-0.25, -0.2) is 4.98 Å². The SMILES string of the molecule is CCCNc1nnc(CSc2ccc(C(F)(F)F)cn2)s1. The number of alkyl halides is 3. The largest absolute Gasteiger partial charge is 0.417 e. The summed E-state index contributed by atoms with van der Waals surface area (Å²) in [6.45, 7) is 2.89. The summed E-state index contributed by atoms with van der Waals surface area (Å²) in [5, 5.41) is 13.2. The highest BCUT2D eigenvalue weighted by Crippen LogP contribution is 2.30. The second-order valence-corrected chi connectivity index (χ2v) is 6.16. The predicted octanol–water partition coefficient (Wildman–Crippen LogP) is 4.07. The smallest absolute Gasteiger partial charge is 0.360 e. The molecule has 2 aromatic rings. The number of thioether (sulfide) groups is 1. The maximum atomic E-state index is 12.4. The summed E-state index contributed by atoms with van der Waals surface area (Å²) in [6.07, 6.45) is -2.51. The lowest BCUT2D eigenvalue weighted by Crippen LogP contribution is -2.05.